The van der Waals surface area contributed by atoms with Gasteiger partial charge in [-0.2, -0.15) is 0 Å². The van der Waals surface area contributed by atoms with Gasteiger partial charge in [-0.25, -0.2) is 4.98 Å². The maximum atomic E-state index is 4.40. The van der Waals surface area contributed by atoms with Crippen LogP contribution in [0.1, 0.15) is 27.7 Å². The van der Waals surface area contributed by atoms with E-state index in [4.69, 9.17) is 0 Å². The predicted octanol–water partition coefficient (Wildman–Crippen LogP) is 3.97. The summed E-state index contributed by atoms with van der Waals surface area (Å²) in [6, 6.07) is 10.3. The van der Waals surface area contributed by atoms with Crippen LogP contribution in [0.2, 0.25) is 0 Å². The smallest absolute Gasteiger partial charge is 0.207 e. The summed E-state index contributed by atoms with van der Waals surface area (Å²) in [6.07, 6.45) is 3.82. The van der Waals surface area contributed by atoms with Crippen LogP contribution in [0.25, 0.3) is 5.69 Å². The molecule has 1 atom stereocenters. The fraction of sp³-hybridized carbons (Fsp3) is 0.438. The molecule has 1 N–H and O–H groups in total. The minimum absolute atomic E-state index is 0.303. The van der Waals surface area contributed by atoms with Gasteiger partial charge in [0.15, 0.2) is 0 Å². The van der Waals surface area contributed by atoms with Crippen molar-refractivity contribution in [2.45, 2.75) is 27.7 Å². The van der Waals surface area contributed by atoms with Gasteiger partial charge in [-0.3, -0.25) is 4.57 Å². The highest BCUT2D eigenvalue weighted by molar-refractivity contribution is 5.41. The number of hydrogen-bond acceptors (Lipinski definition) is 2. The highest BCUT2D eigenvalue weighted by Gasteiger charge is 2.20. The van der Waals surface area contributed by atoms with Crippen LogP contribution in [-0.2, 0) is 0 Å². The van der Waals surface area contributed by atoms with Crippen molar-refractivity contribution in [3.63, 3.8) is 0 Å². The topological polar surface area (TPSA) is 29.9 Å². The number of hydrogen-bond donors (Lipinski definition) is 1. The Kier molecular flexibility index (Phi) is 3.93. The second-order valence-corrected chi connectivity index (χ2v) is 6.10. The minimum atomic E-state index is 0.303. The summed E-state index contributed by atoms with van der Waals surface area (Å²) in [4.78, 5) is 4.40. The predicted molar refractivity (Wildman–Crippen MR) is 80.7 cm³/mol. The van der Waals surface area contributed by atoms with Crippen molar-refractivity contribution in [3.8, 4) is 5.69 Å². The van der Waals surface area contributed by atoms with Gasteiger partial charge in [-0.15, -0.1) is 0 Å². The third-order valence-corrected chi connectivity index (χ3v) is 3.72. The highest BCUT2D eigenvalue weighted by Crippen LogP contribution is 2.25. The fourth-order valence-corrected chi connectivity index (χ4v) is 1.78. The molecule has 1 unspecified atom stereocenters. The summed E-state index contributed by atoms with van der Waals surface area (Å²) >= 11 is 0. The van der Waals surface area contributed by atoms with Crippen molar-refractivity contribution >= 4 is 5.95 Å². The Labute approximate surface area is 115 Å². The lowest BCUT2D eigenvalue weighted by molar-refractivity contribution is 0.274. The molecule has 0 aliphatic heterocycles. The van der Waals surface area contributed by atoms with E-state index in [1.807, 2.05) is 30.6 Å². The van der Waals surface area contributed by atoms with Crippen LogP contribution in [0.3, 0.4) is 0 Å². The Bertz CT molecular complexity index is 508. The molecule has 0 aliphatic carbocycles. The summed E-state index contributed by atoms with van der Waals surface area (Å²) in [5.41, 5.74) is 1.43. The Morgan fingerprint density at radius 2 is 1.89 bits per heavy atom. The van der Waals surface area contributed by atoms with Gasteiger partial charge in [0.1, 0.15) is 0 Å². The lowest BCUT2D eigenvalue weighted by Gasteiger charge is -2.27. The van der Waals surface area contributed by atoms with E-state index in [0.717, 1.165) is 18.2 Å². The number of anilines is 1. The first kappa shape index (κ1) is 13.7. The van der Waals surface area contributed by atoms with E-state index in [9.17, 15) is 0 Å². The molecule has 0 saturated carbocycles. The molecule has 3 nitrogen and oxygen atoms in total. The van der Waals surface area contributed by atoms with Crippen LogP contribution in [0.15, 0.2) is 42.7 Å². The number of nitrogens with one attached hydrogen (secondary N) is 1. The zero-order valence-electron chi connectivity index (χ0n) is 12.2. The van der Waals surface area contributed by atoms with Crippen molar-refractivity contribution in [1.29, 1.82) is 0 Å². The molecule has 0 amide bonds. The molecule has 0 bridgehead atoms. The van der Waals surface area contributed by atoms with Crippen LogP contribution >= 0.6 is 0 Å². The summed E-state index contributed by atoms with van der Waals surface area (Å²) in [6.45, 7) is 9.99. The van der Waals surface area contributed by atoms with Gasteiger partial charge >= 0.3 is 0 Å². The molecule has 2 aromatic rings. The van der Waals surface area contributed by atoms with Gasteiger partial charge in [-0.1, -0.05) is 45.9 Å². The number of nitrogens with zero attached hydrogens (tertiary/aromatic N) is 2. The van der Waals surface area contributed by atoms with E-state index in [1.54, 1.807) is 0 Å². The zero-order chi connectivity index (χ0) is 13.9. The minimum Gasteiger partial charge on any atom is -0.355 e. The number of imidazole rings is 1. The van der Waals surface area contributed by atoms with E-state index < -0.39 is 0 Å². The van der Waals surface area contributed by atoms with Crippen molar-refractivity contribution < 1.29 is 0 Å². The van der Waals surface area contributed by atoms with Gasteiger partial charge in [0.05, 0.1) is 0 Å². The lowest BCUT2D eigenvalue weighted by atomic mass is 9.82. The summed E-state index contributed by atoms with van der Waals surface area (Å²) in [7, 11) is 0. The lowest BCUT2D eigenvalue weighted by Crippen LogP contribution is -2.25. The fourth-order valence-electron chi connectivity index (χ4n) is 1.78. The summed E-state index contributed by atoms with van der Waals surface area (Å²) in [5, 5.41) is 3.45. The SMILES string of the molecule is CC(CNc1nccn1-c1ccccc1)C(C)(C)C. The van der Waals surface area contributed by atoms with E-state index in [-0.39, 0.29) is 0 Å². The molecule has 1 aromatic carbocycles. The average Bonchev–Trinajstić information content (AvgIpc) is 2.84. The molecule has 102 valence electrons. The molecule has 1 aromatic heterocycles. The number of para-hydroxylation sites is 1. The van der Waals surface area contributed by atoms with Crippen LogP contribution in [0, 0.1) is 11.3 Å². The van der Waals surface area contributed by atoms with Gasteiger partial charge in [0.25, 0.3) is 0 Å². The Morgan fingerprint density at radius 3 is 2.53 bits per heavy atom. The van der Waals surface area contributed by atoms with E-state index in [1.165, 1.54) is 0 Å². The molecule has 0 aliphatic rings. The third-order valence-electron chi connectivity index (χ3n) is 3.72. The third kappa shape index (κ3) is 3.37. The van der Waals surface area contributed by atoms with Crippen molar-refractivity contribution in [2.24, 2.45) is 11.3 Å². The Balaban J connectivity index is 2.09. The maximum Gasteiger partial charge on any atom is 0.207 e. The molecule has 0 fully saturated rings. The van der Waals surface area contributed by atoms with Gasteiger partial charge in [-0.05, 0) is 23.5 Å². The van der Waals surface area contributed by atoms with Crippen LogP contribution in [0.4, 0.5) is 5.95 Å². The normalized spacial score (nSPS) is 13.3. The number of benzene rings is 1. The largest absolute Gasteiger partial charge is 0.355 e. The number of rotatable bonds is 4. The second-order valence-electron chi connectivity index (χ2n) is 6.10. The van der Waals surface area contributed by atoms with Crippen molar-refractivity contribution in [1.82, 2.24) is 9.55 Å². The quantitative estimate of drug-likeness (QED) is 0.898. The highest BCUT2D eigenvalue weighted by atomic mass is 15.2. The van der Waals surface area contributed by atoms with E-state index in [2.05, 4.69) is 54.7 Å². The molecule has 0 saturated heterocycles. The van der Waals surface area contributed by atoms with Gasteiger partial charge in [0.2, 0.25) is 5.95 Å². The van der Waals surface area contributed by atoms with Crippen LogP contribution < -0.4 is 5.32 Å². The number of aromatic nitrogens is 2. The Morgan fingerprint density at radius 1 is 1.21 bits per heavy atom. The standard InChI is InChI=1S/C16H23N3/c1-13(16(2,3)4)12-18-15-17-10-11-19(15)14-8-6-5-7-9-14/h5-11,13H,12H2,1-4H3,(H,17,18). The van der Waals surface area contributed by atoms with Crippen LogP contribution in [-0.4, -0.2) is 16.1 Å². The molecule has 3 heteroatoms. The van der Waals surface area contributed by atoms with Gasteiger partial charge < -0.3 is 5.32 Å². The summed E-state index contributed by atoms with van der Waals surface area (Å²) < 4.78 is 2.08. The monoisotopic (exact) mass is 257 g/mol. The molecule has 2 rings (SSSR count). The maximum absolute atomic E-state index is 4.40. The van der Waals surface area contributed by atoms with Crippen molar-refractivity contribution in [3.05, 3.63) is 42.7 Å². The summed E-state index contributed by atoms with van der Waals surface area (Å²) in [5.74, 6) is 1.48. The van der Waals surface area contributed by atoms with Gasteiger partial charge in [0, 0.05) is 24.6 Å². The van der Waals surface area contributed by atoms with Crippen molar-refractivity contribution in [2.75, 3.05) is 11.9 Å². The molecular weight excluding hydrogens is 234 g/mol. The van der Waals surface area contributed by atoms with Crippen LogP contribution in [0.5, 0.6) is 0 Å². The molecule has 1 heterocycles. The Hall–Kier alpha value is -1.77. The second kappa shape index (κ2) is 5.47. The molecule has 19 heavy (non-hydrogen) atoms. The average molecular weight is 257 g/mol. The molecule has 0 radical (unpaired) electrons. The molecule has 0 spiro atoms. The first-order valence-electron chi connectivity index (χ1n) is 6.81. The first-order valence-corrected chi connectivity index (χ1v) is 6.81. The first-order chi connectivity index (χ1) is 8.98. The molecular formula is C16H23N3. The van der Waals surface area contributed by atoms with E-state index >= 15 is 0 Å². The van der Waals surface area contributed by atoms with E-state index in [0.29, 0.717) is 11.3 Å². The zero-order valence-corrected chi connectivity index (χ0v) is 12.2.